The Hall–Kier alpha value is 2.35. The predicted molar refractivity (Wildman–Crippen MR) is 110 cm³/mol. The molecule has 1 aliphatic carbocycles. The maximum Gasteiger partial charge on any atom is 0.322 e. The van der Waals surface area contributed by atoms with E-state index in [4.69, 9.17) is 0 Å². The van der Waals surface area contributed by atoms with Crippen molar-refractivity contribution in [1.82, 2.24) is 0 Å². The fourth-order valence-electron chi connectivity index (χ4n) is 2.44. The van der Waals surface area contributed by atoms with Gasteiger partial charge >= 0.3 is 5.97 Å². The highest BCUT2D eigenvalue weighted by Gasteiger charge is 2.63. The van der Waals surface area contributed by atoms with Gasteiger partial charge in [0.05, 0.1) is 0 Å². The Balaban J connectivity index is 3.17. The molecule has 0 aromatic rings. The molecule has 1 N–H and O–H groups in total. The lowest BCUT2D eigenvalue weighted by Gasteiger charge is -2.46. The molecule has 0 saturated heterocycles. The summed E-state index contributed by atoms with van der Waals surface area (Å²) in [6.45, 7) is 0. The number of alkyl halides is 6. The van der Waals surface area contributed by atoms with Crippen molar-refractivity contribution in [3.05, 3.63) is 0 Å². The number of halogens is 6. The van der Waals surface area contributed by atoms with Crippen LogP contribution in [0.4, 0.5) is 0 Å². The van der Waals surface area contributed by atoms with E-state index in [1.807, 2.05) is 0 Å². The fourth-order valence-corrected chi connectivity index (χ4v) is 7.27. The Bertz CT molecular complexity index is 374. The second-order valence-electron chi connectivity index (χ2n) is 5.43. The van der Waals surface area contributed by atoms with E-state index in [0.29, 0.717) is 6.42 Å². The van der Waals surface area contributed by atoms with E-state index in [0.717, 1.165) is 25.7 Å². The van der Waals surface area contributed by atoms with Crippen molar-refractivity contribution < 1.29 is 9.90 Å². The van der Waals surface area contributed by atoms with E-state index in [1.54, 1.807) is 0 Å². The number of hydrogen-bond acceptors (Lipinski definition) is 1. The molecule has 1 saturated carbocycles. The van der Waals surface area contributed by atoms with Crippen LogP contribution in [0.3, 0.4) is 0 Å². The van der Waals surface area contributed by atoms with Crippen LogP contribution in [0.5, 0.6) is 0 Å². The molecule has 1 rings (SSSR count). The largest absolute Gasteiger partial charge is 0.480 e. The van der Waals surface area contributed by atoms with Crippen LogP contribution >= 0.6 is 95.6 Å². The first-order chi connectivity index (χ1) is 9.57. The maximum atomic E-state index is 11.9. The standard InChI is InChI=1S/C13H18Br6O2/c14-9-7-5-3-1-2-4-6-8-11(15,10(20)21)13(18,19)12(9,16)17/h9H,1-8H2,(H,20,21). The Morgan fingerprint density at radius 3 is 1.90 bits per heavy atom. The Morgan fingerprint density at radius 1 is 0.905 bits per heavy atom. The summed E-state index contributed by atoms with van der Waals surface area (Å²) < 4.78 is -2.69. The first-order valence-corrected chi connectivity index (χ1v) is 11.8. The van der Waals surface area contributed by atoms with Crippen LogP contribution in [0.25, 0.3) is 0 Å². The zero-order valence-corrected chi connectivity index (χ0v) is 20.9. The number of aliphatic carboxylic acids is 1. The predicted octanol–water partition coefficient (Wildman–Crippen LogP) is 7.07. The number of rotatable bonds is 1. The van der Waals surface area contributed by atoms with Gasteiger partial charge in [0.15, 0.2) is 0 Å². The SMILES string of the molecule is O=C(O)C1(Br)CCCCCCCCC(Br)C(Br)(Br)C1(Br)Br. The zero-order chi connectivity index (χ0) is 16.3. The lowest BCUT2D eigenvalue weighted by molar-refractivity contribution is -0.140. The molecule has 0 bridgehead atoms. The highest BCUT2D eigenvalue weighted by atomic mass is 79.9. The van der Waals surface area contributed by atoms with E-state index < -0.39 is 16.8 Å². The highest BCUT2D eigenvalue weighted by molar-refractivity contribution is 9.31. The van der Waals surface area contributed by atoms with Gasteiger partial charge in [0.1, 0.15) is 10.8 Å². The second kappa shape index (κ2) is 8.63. The van der Waals surface area contributed by atoms with Gasteiger partial charge in [0.25, 0.3) is 0 Å². The van der Waals surface area contributed by atoms with Crippen molar-refractivity contribution in [3.63, 3.8) is 0 Å². The van der Waals surface area contributed by atoms with Crippen LogP contribution < -0.4 is 0 Å². The minimum absolute atomic E-state index is 0.0689. The molecule has 0 heterocycles. The monoisotopic (exact) mass is 680 g/mol. The Kier molecular flexibility index (Phi) is 8.80. The molecule has 21 heavy (non-hydrogen) atoms. The van der Waals surface area contributed by atoms with Gasteiger partial charge < -0.3 is 5.11 Å². The highest BCUT2D eigenvalue weighted by Crippen LogP contribution is 2.62. The Labute approximate surface area is 176 Å². The van der Waals surface area contributed by atoms with Gasteiger partial charge in [-0.15, -0.1) is 0 Å². The van der Waals surface area contributed by atoms with Gasteiger partial charge in [-0.2, -0.15) is 0 Å². The molecule has 0 amide bonds. The molecule has 124 valence electrons. The topological polar surface area (TPSA) is 37.3 Å². The van der Waals surface area contributed by atoms with E-state index in [1.165, 1.54) is 19.3 Å². The van der Waals surface area contributed by atoms with Gasteiger partial charge in [-0.05, 0) is 12.8 Å². The Morgan fingerprint density at radius 2 is 1.38 bits per heavy atom. The van der Waals surface area contributed by atoms with Gasteiger partial charge in [0.2, 0.25) is 0 Å². The molecular weight excluding hydrogens is 668 g/mol. The molecule has 0 spiro atoms. The first kappa shape index (κ1) is 21.4. The summed E-state index contributed by atoms with van der Waals surface area (Å²) in [7, 11) is 0. The lowest BCUT2D eigenvalue weighted by atomic mass is 9.92. The van der Waals surface area contributed by atoms with Gasteiger partial charge in [0, 0.05) is 4.83 Å². The first-order valence-electron chi connectivity index (χ1n) is 6.89. The summed E-state index contributed by atoms with van der Waals surface area (Å²) in [4.78, 5) is 12.0. The molecule has 0 aliphatic heterocycles. The molecule has 8 heteroatoms. The summed E-state index contributed by atoms with van der Waals surface area (Å²) in [5, 5.41) is 9.79. The summed E-state index contributed by atoms with van der Waals surface area (Å²) in [6, 6.07) is 0. The van der Waals surface area contributed by atoms with Crippen molar-refractivity contribution in [2.45, 2.75) is 67.0 Å². The quantitative estimate of drug-likeness (QED) is 0.300. The van der Waals surface area contributed by atoms with Crippen molar-refractivity contribution in [1.29, 1.82) is 0 Å². The maximum absolute atomic E-state index is 11.9. The number of hydrogen-bond donors (Lipinski definition) is 1. The fraction of sp³-hybridized carbons (Fsp3) is 0.923. The van der Waals surface area contributed by atoms with Crippen LogP contribution in [0.15, 0.2) is 0 Å². The van der Waals surface area contributed by atoms with E-state index in [9.17, 15) is 9.90 Å². The average molecular weight is 686 g/mol. The molecule has 0 radical (unpaired) electrons. The summed E-state index contributed by atoms with van der Waals surface area (Å²) in [6.07, 6.45) is 8.15. The summed E-state index contributed by atoms with van der Waals surface area (Å²) in [5.74, 6) is -0.878. The normalized spacial score (nSPS) is 34.5. The van der Waals surface area contributed by atoms with Crippen molar-refractivity contribution in [2.24, 2.45) is 0 Å². The average Bonchev–Trinajstić information content (AvgIpc) is 2.39. The molecule has 0 aromatic heterocycles. The van der Waals surface area contributed by atoms with Gasteiger partial charge in [-0.1, -0.05) is 134 Å². The molecule has 1 aliphatic rings. The summed E-state index contributed by atoms with van der Waals surface area (Å²) in [5.41, 5.74) is 0. The third kappa shape index (κ3) is 4.71. The molecular formula is C13H18Br6O2. The molecule has 0 aromatic carbocycles. The van der Waals surface area contributed by atoms with E-state index >= 15 is 0 Å². The summed E-state index contributed by atoms with van der Waals surface area (Å²) >= 11 is 21.9. The smallest absolute Gasteiger partial charge is 0.322 e. The molecule has 2 unspecified atom stereocenters. The van der Waals surface area contributed by atoms with Crippen molar-refractivity contribution in [3.8, 4) is 0 Å². The number of carboxylic acids is 1. The minimum atomic E-state index is -1.13. The van der Waals surface area contributed by atoms with Gasteiger partial charge in [-0.25, -0.2) is 0 Å². The molecule has 2 nitrogen and oxygen atoms in total. The molecule has 1 fully saturated rings. The zero-order valence-electron chi connectivity index (χ0n) is 11.4. The van der Waals surface area contributed by atoms with Crippen molar-refractivity contribution in [2.75, 3.05) is 0 Å². The van der Waals surface area contributed by atoms with E-state index in [-0.39, 0.29) is 4.83 Å². The minimum Gasteiger partial charge on any atom is -0.480 e. The number of carbonyl (C=O) groups is 1. The third-order valence-corrected chi connectivity index (χ3v) is 15.7. The number of carboxylic acid groups (broad SMARTS) is 1. The van der Waals surface area contributed by atoms with Crippen LogP contribution in [0, 0.1) is 0 Å². The van der Waals surface area contributed by atoms with Crippen LogP contribution in [-0.2, 0) is 4.79 Å². The van der Waals surface area contributed by atoms with Crippen molar-refractivity contribution >= 4 is 102 Å². The third-order valence-electron chi connectivity index (χ3n) is 3.88. The van der Waals surface area contributed by atoms with Crippen LogP contribution in [0.2, 0.25) is 0 Å². The second-order valence-corrected chi connectivity index (χ2v) is 14.9. The lowest BCUT2D eigenvalue weighted by Crippen LogP contribution is -2.58. The van der Waals surface area contributed by atoms with Gasteiger partial charge in [-0.3, -0.25) is 4.79 Å². The van der Waals surface area contributed by atoms with Crippen LogP contribution in [0.1, 0.15) is 51.4 Å². The van der Waals surface area contributed by atoms with Crippen LogP contribution in [-0.4, -0.2) is 26.7 Å². The molecule has 2 atom stereocenters. The van der Waals surface area contributed by atoms with E-state index in [2.05, 4.69) is 95.6 Å².